The average molecular weight is 387 g/mol. The molecule has 146 valence electrons. The molecule has 2 N–H and O–H groups in total. The number of aldehydes is 1. The molecule has 0 saturated carbocycles. The number of aromatic amines is 1. The van der Waals surface area contributed by atoms with Crippen molar-refractivity contribution >= 4 is 12.0 Å². The molecule has 0 spiro atoms. The molecule has 0 atom stereocenters. The van der Waals surface area contributed by atoms with Gasteiger partial charge in [-0.3, -0.25) is 9.78 Å². The van der Waals surface area contributed by atoms with Crippen LogP contribution in [0.25, 0.3) is 17.1 Å². The summed E-state index contributed by atoms with van der Waals surface area (Å²) in [6.45, 7) is 0. The van der Waals surface area contributed by atoms with E-state index in [1.165, 1.54) is 22.0 Å². The maximum Gasteiger partial charge on any atom is 0.275 e. The van der Waals surface area contributed by atoms with Gasteiger partial charge in [-0.2, -0.15) is 5.10 Å². The number of anilines is 1. The van der Waals surface area contributed by atoms with Crippen LogP contribution in [0, 0.1) is 0 Å². The Hall–Kier alpha value is -4.00. The molecule has 0 aliphatic heterocycles. The summed E-state index contributed by atoms with van der Waals surface area (Å²) in [5, 5.41) is 6.68. The van der Waals surface area contributed by atoms with Crippen molar-refractivity contribution in [1.29, 1.82) is 0 Å². The van der Waals surface area contributed by atoms with Crippen LogP contribution < -0.4 is 10.9 Å². The van der Waals surface area contributed by atoms with Gasteiger partial charge in [0, 0.05) is 25.9 Å². The lowest BCUT2D eigenvalue weighted by Crippen LogP contribution is -2.16. The first-order valence-electron chi connectivity index (χ1n) is 9.06. The second-order valence-corrected chi connectivity index (χ2v) is 6.08. The summed E-state index contributed by atoms with van der Waals surface area (Å²) in [5.41, 5.74) is 3.67. The molecule has 0 aliphatic rings. The lowest BCUT2D eigenvalue weighted by molar-refractivity contribution is -0.107. The van der Waals surface area contributed by atoms with E-state index in [1.807, 2.05) is 42.5 Å². The summed E-state index contributed by atoms with van der Waals surface area (Å²) in [6, 6.07) is 20.1. The predicted molar refractivity (Wildman–Crippen MR) is 113 cm³/mol. The molecule has 0 aliphatic carbocycles. The Kier molecular flexibility index (Phi) is 6.67. The summed E-state index contributed by atoms with van der Waals surface area (Å²) in [6.07, 6.45) is 6.21. The molecule has 0 fully saturated rings. The standard InChI is InChI=1S/C14H12O.C8H9N5O/c15-11-10-12-6-8-14(9-7-12)13-4-2-1-3-5-13;1-9-6-5-10-8(12-7(6)14)13-4-2-3-11-13/h1-9,11H,10H2;2-5,9H,1H3,(H,10,12,14). The fraction of sp³-hybridized carbons (Fsp3) is 0.0909. The normalized spacial score (nSPS) is 9.97. The first-order valence-corrected chi connectivity index (χ1v) is 9.06. The van der Waals surface area contributed by atoms with Gasteiger partial charge in [-0.1, -0.05) is 54.6 Å². The second-order valence-electron chi connectivity index (χ2n) is 6.08. The first kappa shape index (κ1) is 19.8. The number of nitrogens with one attached hydrogen (secondary N) is 2. The lowest BCUT2D eigenvalue weighted by Gasteiger charge is -2.01. The van der Waals surface area contributed by atoms with Crippen molar-refractivity contribution < 1.29 is 4.79 Å². The van der Waals surface area contributed by atoms with Crippen LogP contribution >= 0.6 is 0 Å². The molecule has 2 aromatic carbocycles. The summed E-state index contributed by atoms with van der Waals surface area (Å²) in [5.74, 6) is 0.402. The molecular weight excluding hydrogens is 366 g/mol. The maximum atomic E-state index is 11.4. The van der Waals surface area contributed by atoms with Crippen molar-refractivity contribution in [1.82, 2.24) is 19.7 Å². The number of H-pyrrole nitrogens is 1. The Morgan fingerprint density at radius 1 is 1.03 bits per heavy atom. The molecule has 7 nitrogen and oxygen atoms in total. The minimum atomic E-state index is -0.215. The van der Waals surface area contributed by atoms with Gasteiger partial charge in [0.25, 0.3) is 5.56 Å². The van der Waals surface area contributed by atoms with E-state index >= 15 is 0 Å². The SMILES string of the molecule is CNc1cnc(-n2cccn2)[nH]c1=O.O=CCc1ccc(-c2ccccc2)cc1. The molecule has 4 aromatic rings. The number of rotatable bonds is 5. The lowest BCUT2D eigenvalue weighted by atomic mass is 10.0. The number of aromatic nitrogens is 4. The molecule has 0 radical (unpaired) electrons. The zero-order valence-electron chi connectivity index (χ0n) is 15.9. The van der Waals surface area contributed by atoms with Crippen LogP contribution in [0.15, 0.2) is 84.0 Å². The molecule has 0 bridgehead atoms. The highest BCUT2D eigenvalue weighted by atomic mass is 16.1. The van der Waals surface area contributed by atoms with E-state index in [-0.39, 0.29) is 5.56 Å². The first-order chi connectivity index (χ1) is 14.2. The van der Waals surface area contributed by atoms with Gasteiger partial charge >= 0.3 is 0 Å². The van der Waals surface area contributed by atoms with E-state index < -0.39 is 0 Å². The third-order valence-corrected chi connectivity index (χ3v) is 4.16. The Bertz CT molecular complexity index is 1090. The highest BCUT2D eigenvalue weighted by molar-refractivity contribution is 5.64. The largest absolute Gasteiger partial charge is 0.382 e. The van der Waals surface area contributed by atoms with Gasteiger partial charge in [0.1, 0.15) is 12.0 Å². The quantitative estimate of drug-likeness (QED) is 0.514. The third-order valence-electron chi connectivity index (χ3n) is 4.16. The summed E-state index contributed by atoms with van der Waals surface area (Å²) < 4.78 is 1.49. The molecule has 0 saturated heterocycles. The van der Waals surface area contributed by atoms with Crippen molar-refractivity contribution in [2.24, 2.45) is 0 Å². The van der Waals surface area contributed by atoms with Crippen LogP contribution in [0.4, 0.5) is 5.69 Å². The number of hydrogen-bond acceptors (Lipinski definition) is 5. The Morgan fingerprint density at radius 3 is 2.34 bits per heavy atom. The summed E-state index contributed by atoms with van der Waals surface area (Å²) >= 11 is 0. The molecule has 2 aromatic heterocycles. The van der Waals surface area contributed by atoms with Crippen LogP contribution in [0.1, 0.15) is 5.56 Å². The smallest absolute Gasteiger partial charge is 0.275 e. The van der Waals surface area contributed by atoms with Crippen molar-refractivity contribution in [3.63, 3.8) is 0 Å². The van der Waals surface area contributed by atoms with Gasteiger partial charge in [-0.15, -0.1) is 0 Å². The highest BCUT2D eigenvalue weighted by Gasteiger charge is 2.01. The van der Waals surface area contributed by atoms with Crippen molar-refractivity contribution in [3.05, 3.63) is 95.2 Å². The van der Waals surface area contributed by atoms with Gasteiger partial charge < -0.3 is 10.1 Å². The van der Waals surface area contributed by atoms with Crippen molar-refractivity contribution in [3.8, 4) is 17.1 Å². The topological polar surface area (TPSA) is 92.7 Å². The van der Waals surface area contributed by atoms with Crippen LogP contribution in [0.3, 0.4) is 0 Å². The van der Waals surface area contributed by atoms with Gasteiger partial charge in [0.15, 0.2) is 0 Å². The van der Waals surface area contributed by atoms with Crippen LogP contribution in [-0.2, 0) is 11.2 Å². The van der Waals surface area contributed by atoms with E-state index in [4.69, 9.17) is 0 Å². The van der Waals surface area contributed by atoms with E-state index in [1.54, 1.807) is 25.5 Å². The third kappa shape index (κ3) is 5.26. The van der Waals surface area contributed by atoms with E-state index in [0.29, 0.717) is 18.1 Å². The van der Waals surface area contributed by atoms with Gasteiger partial charge in [0.2, 0.25) is 5.95 Å². The molecular formula is C22H21N5O2. The Balaban J connectivity index is 0.000000166. The number of hydrogen-bond donors (Lipinski definition) is 2. The number of nitrogens with zero attached hydrogens (tertiary/aromatic N) is 3. The van der Waals surface area contributed by atoms with Gasteiger partial charge in [-0.25, -0.2) is 9.67 Å². The Labute approximate surface area is 168 Å². The molecule has 2 heterocycles. The molecule has 7 heteroatoms. The van der Waals surface area contributed by atoms with Gasteiger partial charge in [-0.05, 0) is 22.8 Å². The monoisotopic (exact) mass is 387 g/mol. The number of carbonyl (C=O) groups is 1. The molecule has 0 amide bonds. The highest BCUT2D eigenvalue weighted by Crippen LogP contribution is 2.19. The van der Waals surface area contributed by atoms with Crippen LogP contribution in [0.2, 0.25) is 0 Å². The predicted octanol–water partition coefficient (Wildman–Crippen LogP) is 3.09. The minimum Gasteiger partial charge on any atom is -0.382 e. The van der Waals surface area contributed by atoms with E-state index in [0.717, 1.165) is 11.8 Å². The summed E-state index contributed by atoms with van der Waals surface area (Å²) in [7, 11) is 1.67. The van der Waals surface area contributed by atoms with Crippen molar-refractivity contribution in [2.45, 2.75) is 6.42 Å². The number of carbonyl (C=O) groups excluding carboxylic acids is 1. The van der Waals surface area contributed by atoms with E-state index in [9.17, 15) is 9.59 Å². The zero-order chi connectivity index (χ0) is 20.5. The fourth-order valence-corrected chi connectivity index (χ4v) is 2.63. The van der Waals surface area contributed by atoms with Crippen molar-refractivity contribution in [2.75, 3.05) is 12.4 Å². The second kappa shape index (κ2) is 9.80. The maximum absolute atomic E-state index is 11.4. The zero-order valence-corrected chi connectivity index (χ0v) is 15.9. The van der Waals surface area contributed by atoms with Crippen LogP contribution in [0.5, 0.6) is 0 Å². The van der Waals surface area contributed by atoms with Crippen LogP contribution in [-0.4, -0.2) is 33.1 Å². The Morgan fingerprint density at radius 2 is 1.76 bits per heavy atom. The fourth-order valence-electron chi connectivity index (χ4n) is 2.63. The van der Waals surface area contributed by atoms with Gasteiger partial charge in [0.05, 0.1) is 6.20 Å². The molecule has 4 rings (SSSR count). The number of benzene rings is 2. The average Bonchev–Trinajstić information content (AvgIpc) is 3.31. The minimum absolute atomic E-state index is 0.215. The summed E-state index contributed by atoms with van der Waals surface area (Å²) in [4.78, 5) is 28.3. The molecule has 29 heavy (non-hydrogen) atoms. The molecule has 0 unspecified atom stereocenters. The van der Waals surface area contributed by atoms with E-state index in [2.05, 4.69) is 32.5 Å².